The van der Waals surface area contributed by atoms with Crippen LogP contribution >= 0.6 is 0 Å². The lowest BCUT2D eigenvalue weighted by molar-refractivity contribution is -0.116. The van der Waals surface area contributed by atoms with E-state index in [1.165, 1.54) is 50.1 Å². The van der Waals surface area contributed by atoms with E-state index in [1.54, 1.807) is 18.2 Å². The van der Waals surface area contributed by atoms with E-state index in [0.717, 1.165) is 0 Å². The Morgan fingerprint density at radius 3 is 2.25 bits per heavy atom. The molecule has 2 amide bonds. The number of hydrogen-bond donors (Lipinski definition) is 1. The molecule has 6 heteroatoms. The van der Waals surface area contributed by atoms with E-state index in [-0.39, 0.29) is 22.9 Å². The Morgan fingerprint density at radius 2 is 1.67 bits per heavy atom. The van der Waals surface area contributed by atoms with Gasteiger partial charge in [-0.2, -0.15) is 0 Å². The highest BCUT2D eigenvalue weighted by atomic mass is 19.1. The number of nitrogens with one attached hydrogen (secondary N) is 1. The normalized spacial score (nSPS) is 10.2. The van der Waals surface area contributed by atoms with Gasteiger partial charge in [-0.05, 0) is 30.3 Å². The van der Waals surface area contributed by atoms with Gasteiger partial charge in [-0.3, -0.25) is 14.4 Å². The molecular weight excluding hydrogens is 311 g/mol. The van der Waals surface area contributed by atoms with Crippen molar-refractivity contribution in [2.24, 2.45) is 0 Å². The number of amides is 2. The molecule has 0 saturated carbocycles. The number of rotatable bonds is 4. The molecule has 0 heterocycles. The second-order valence-corrected chi connectivity index (χ2v) is 5.30. The zero-order valence-corrected chi connectivity index (χ0v) is 13.6. The molecule has 24 heavy (non-hydrogen) atoms. The fourth-order valence-corrected chi connectivity index (χ4v) is 2.25. The minimum absolute atomic E-state index is 0.101. The Morgan fingerprint density at radius 1 is 1.00 bits per heavy atom. The highest BCUT2D eigenvalue weighted by Gasteiger charge is 2.21. The van der Waals surface area contributed by atoms with Gasteiger partial charge in [0.25, 0.3) is 0 Å². The fraction of sp³-hybridized carbons (Fsp3) is 0.167. The summed E-state index contributed by atoms with van der Waals surface area (Å²) in [7, 11) is 1.52. The SMILES string of the molecule is CC(=O)Nc1ccc(N(C)C(C)=O)c(C(=O)c2ccccc2F)c1. The van der Waals surface area contributed by atoms with Crippen molar-refractivity contribution in [3.05, 3.63) is 59.4 Å². The monoisotopic (exact) mass is 328 g/mol. The summed E-state index contributed by atoms with van der Waals surface area (Å²) in [5.41, 5.74) is 0.757. The van der Waals surface area contributed by atoms with E-state index in [0.29, 0.717) is 11.4 Å². The van der Waals surface area contributed by atoms with Crippen LogP contribution in [0.4, 0.5) is 15.8 Å². The standard InChI is InChI=1S/C18H17FN2O3/c1-11(22)20-13-8-9-17(21(3)12(2)23)15(10-13)18(24)14-6-4-5-7-16(14)19/h4-10H,1-3H3,(H,20,22). The number of anilines is 2. The van der Waals surface area contributed by atoms with Gasteiger partial charge in [-0.15, -0.1) is 0 Å². The maximum atomic E-state index is 14.0. The molecule has 1 N–H and O–H groups in total. The van der Waals surface area contributed by atoms with Gasteiger partial charge in [-0.1, -0.05) is 12.1 Å². The molecule has 0 spiro atoms. The Bertz CT molecular complexity index is 818. The smallest absolute Gasteiger partial charge is 0.223 e. The van der Waals surface area contributed by atoms with E-state index in [2.05, 4.69) is 5.32 Å². The summed E-state index contributed by atoms with van der Waals surface area (Å²) in [6.45, 7) is 2.70. The molecule has 0 unspecified atom stereocenters. The Kier molecular flexibility index (Phi) is 5.08. The van der Waals surface area contributed by atoms with Gasteiger partial charge < -0.3 is 10.2 Å². The summed E-state index contributed by atoms with van der Waals surface area (Å²) in [6.07, 6.45) is 0. The number of benzene rings is 2. The minimum atomic E-state index is -0.649. The molecule has 0 atom stereocenters. The van der Waals surface area contributed by atoms with E-state index in [4.69, 9.17) is 0 Å². The van der Waals surface area contributed by atoms with Crippen LogP contribution in [0.3, 0.4) is 0 Å². The maximum absolute atomic E-state index is 14.0. The average Bonchev–Trinajstić information content (AvgIpc) is 2.53. The van der Waals surface area contributed by atoms with Crippen molar-refractivity contribution >= 4 is 29.0 Å². The molecule has 0 aromatic heterocycles. The molecule has 0 saturated heterocycles. The van der Waals surface area contributed by atoms with Crippen molar-refractivity contribution < 1.29 is 18.8 Å². The van der Waals surface area contributed by atoms with Crippen molar-refractivity contribution in [1.82, 2.24) is 0 Å². The lowest BCUT2D eigenvalue weighted by Gasteiger charge is -2.19. The van der Waals surface area contributed by atoms with Crippen LogP contribution in [-0.4, -0.2) is 24.6 Å². The van der Waals surface area contributed by atoms with Crippen molar-refractivity contribution in [3.8, 4) is 0 Å². The number of carbonyl (C=O) groups is 3. The molecule has 0 fully saturated rings. The first-order valence-corrected chi connectivity index (χ1v) is 7.26. The number of ketones is 1. The third kappa shape index (κ3) is 3.65. The number of hydrogen-bond acceptors (Lipinski definition) is 3. The number of carbonyl (C=O) groups excluding carboxylic acids is 3. The summed E-state index contributed by atoms with van der Waals surface area (Å²) in [6, 6.07) is 10.2. The average molecular weight is 328 g/mol. The lowest BCUT2D eigenvalue weighted by Crippen LogP contribution is -2.25. The maximum Gasteiger partial charge on any atom is 0.223 e. The molecule has 0 aliphatic heterocycles. The van der Waals surface area contributed by atoms with Crippen LogP contribution in [0.1, 0.15) is 29.8 Å². The number of nitrogens with zero attached hydrogens (tertiary/aromatic N) is 1. The summed E-state index contributed by atoms with van der Waals surface area (Å²) in [4.78, 5) is 36.9. The quantitative estimate of drug-likeness (QED) is 0.878. The highest BCUT2D eigenvalue weighted by molar-refractivity contribution is 6.15. The van der Waals surface area contributed by atoms with Crippen LogP contribution in [0, 0.1) is 5.82 Å². The molecule has 0 aliphatic rings. The zero-order valence-electron chi connectivity index (χ0n) is 13.6. The molecule has 2 rings (SSSR count). The van der Waals surface area contributed by atoms with Crippen LogP contribution in [-0.2, 0) is 9.59 Å². The summed E-state index contributed by atoms with van der Waals surface area (Å²) in [5.74, 6) is -1.79. The first-order chi connectivity index (χ1) is 11.3. The van der Waals surface area contributed by atoms with Gasteiger partial charge in [0.2, 0.25) is 11.8 Å². The number of halogens is 1. The van der Waals surface area contributed by atoms with Gasteiger partial charge in [0, 0.05) is 32.1 Å². The van der Waals surface area contributed by atoms with Crippen molar-refractivity contribution in [2.75, 3.05) is 17.3 Å². The first-order valence-electron chi connectivity index (χ1n) is 7.26. The predicted octanol–water partition coefficient (Wildman–Crippen LogP) is 3.00. The predicted molar refractivity (Wildman–Crippen MR) is 89.7 cm³/mol. The van der Waals surface area contributed by atoms with E-state index in [9.17, 15) is 18.8 Å². The Labute approximate surface area is 139 Å². The summed E-state index contributed by atoms with van der Waals surface area (Å²) < 4.78 is 14.0. The van der Waals surface area contributed by atoms with Crippen molar-refractivity contribution in [2.45, 2.75) is 13.8 Å². The van der Waals surface area contributed by atoms with Gasteiger partial charge in [0.15, 0.2) is 5.78 Å². The molecular formula is C18H17FN2O3. The van der Waals surface area contributed by atoms with E-state index < -0.39 is 11.6 Å². The Hall–Kier alpha value is -3.02. The molecule has 5 nitrogen and oxygen atoms in total. The minimum Gasteiger partial charge on any atom is -0.326 e. The molecule has 0 bridgehead atoms. The Balaban J connectivity index is 2.59. The molecule has 0 aliphatic carbocycles. The van der Waals surface area contributed by atoms with Crippen LogP contribution in [0.5, 0.6) is 0 Å². The highest BCUT2D eigenvalue weighted by Crippen LogP contribution is 2.27. The molecule has 2 aromatic rings. The van der Waals surface area contributed by atoms with Gasteiger partial charge in [0.05, 0.1) is 11.3 Å². The second-order valence-electron chi connectivity index (χ2n) is 5.30. The summed E-state index contributed by atoms with van der Waals surface area (Å²) >= 11 is 0. The third-order valence-corrected chi connectivity index (χ3v) is 3.51. The van der Waals surface area contributed by atoms with Crippen LogP contribution < -0.4 is 10.2 Å². The van der Waals surface area contributed by atoms with Crippen molar-refractivity contribution in [3.63, 3.8) is 0 Å². The summed E-state index contributed by atoms with van der Waals surface area (Å²) in [5, 5.41) is 2.57. The molecule has 2 aromatic carbocycles. The third-order valence-electron chi connectivity index (χ3n) is 3.51. The van der Waals surface area contributed by atoms with Gasteiger partial charge in [0.1, 0.15) is 5.82 Å². The van der Waals surface area contributed by atoms with Crippen LogP contribution in [0.15, 0.2) is 42.5 Å². The van der Waals surface area contributed by atoms with Crippen LogP contribution in [0.25, 0.3) is 0 Å². The lowest BCUT2D eigenvalue weighted by atomic mass is 9.99. The first kappa shape index (κ1) is 17.3. The molecule has 0 radical (unpaired) electrons. The topological polar surface area (TPSA) is 66.5 Å². The van der Waals surface area contributed by atoms with Crippen molar-refractivity contribution in [1.29, 1.82) is 0 Å². The fourth-order valence-electron chi connectivity index (χ4n) is 2.25. The van der Waals surface area contributed by atoms with Gasteiger partial charge >= 0.3 is 0 Å². The molecule has 124 valence electrons. The zero-order chi connectivity index (χ0) is 17.9. The second kappa shape index (κ2) is 7.04. The van der Waals surface area contributed by atoms with E-state index >= 15 is 0 Å². The largest absolute Gasteiger partial charge is 0.326 e. The van der Waals surface area contributed by atoms with Crippen LogP contribution in [0.2, 0.25) is 0 Å². The van der Waals surface area contributed by atoms with Gasteiger partial charge in [-0.25, -0.2) is 4.39 Å². The van der Waals surface area contributed by atoms with E-state index in [1.807, 2.05) is 0 Å².